The van der Waals surface area contributed by atoms with Crippen LogP contribution in [0.5, 0.6) is 0 Å². The number of carbonyl (C=O) groups is 1. The van der Waals surface area contributed by atoms with E-state index in [9.17, 15) is 15.0 Å². The third kappa shape index (κ3) is 3.52. The van der Waals surface area contributed by atoms with Crippen molar-refractivity contribution in [2.75, 3.05) is 6.61 Å². The number of aliphatic hydroxyl groups excluding tert-OH is 3. The molecule has 0 radical (unpaired) electrons. The molecule has 1 aliphatic heterocycles. The van der Waals surface area contributed by atoms with Crippen molar-refractivity contribution in [3.8, 4) is 0 Å². The third-order valence-corrected chi connectivity index (χ3v) is 3.00. The SMILES string of the molecule is CC(=O)CC/C=C1/OC(CO)[C@@H](O)[C@H](O)C1C. The molecule has 0 spiro atoms. The second-order valence-corrected chi connectivity index (χ2v) is 4.46. The summed E-state index contributed by atoms with van der Waals surface area (Å²) in [6.45, 7) is 2.90. The first-order valence-corrected chi connectivity index (χ1v) is 5.80. The van der Waals surface area contributed by atoms with Gasteiger partial charge in [0.1, 0.15) is 18.0 Å². The highest BCUT2D eigenvalue weighted by atomic mass is 16.5. The zero-order chi connectivity index (χ0) is 13.0. The molecule has 0 bridgehead atoms. The van der Waals surface area contributed by atoms with E-state index in [0.29, 0.717) is 18.6 Å². The van der Waals surface area contributed by atoms with Crippen molar-refractivity contribution < 1.29 is 24.9 Å². The number of aliphatic hydroxyl groups is 3. The average Bonchev–Trinajstić information content (AvgIpc) is 2.29. The van der Waals surface area contributed by atoms with Crippen molar-refractivity contribution in [2.24, 2.45) is 5.92 Å². The van der Waals surface area contributed by atoms with Gasteiger partial charge in [-0.15, -0.1) is 0 Å². The van der Waals surface area contributed by atoms with Crippen LogP contribution in [-0.2, 0) is 9.53 Å². The number of allylic oxidation sites excluding steroid dienone is 1. The summed E-state index contributed by atoms with van der Waals surface area (Å²) >= 11 is 0. The highest BCUT2D eigenvalue weighted by molar-refractivity contribution is 5.75. The lowest BCUT2D eigenvalue weighted by Crippen LogP contribution is -2.49. The fourth-order valence-corrected chi connectivity index (χ4v) is 1.83. The first-order valence-electron chi connectivity index (χ1n) is 5.80. The molecule has 98 valence electrons. The van der Waals surface area contributed by atoms with Gasteiger partial charge in [0.15, 0.2) is 0 Å². The number of carbonyl (C=O) groups excluding carboxylic acids is 1. The zero-order valence-corrected chi connectivity index (χ0v) is 10.2. The number of rotatable bonds is 4. The standard InChI is InChI=1S/C12H20O5/c1-7(14)4-3-5-9-8(2)11(15)12(16)10(6-13)17-9/h5,8,10-13,15-16H,3-4,6H2,1-2H3/b9-5+/t8?,10?,11-,12-/m1/s1. The Labute approximate surface area is 101 Å². The summed E-state index contributed by atoms with van der Waals surface area (Å²) in [6, 6.07) is 0. The Balaban J connectivity index is 2.68. The molecule has 0 amide bonds. The van der Waals surface area contributed by atoms with E-state index in [0.717, 1.165) is 0 Å². The van der Waals surface area contributed by atoms with Gasteiger partial charge in [-0.3, -0.25) is 0 Å². The quantitative estimate of drug-likeness (QED) is 0.647. The maximum Gasteiger partial charge on any atom is 0.149 e. The number of ketones is 1. The average molecular weight is 244 g/mol. The lowest BCUT2D eigenvalue weighted by atomic mass is 9.91. The molecule has 5 heteroatoms. The number of hydrogen-bond acceptors (Lipinski definition) is 5. The molecule has 1 heterocycles. The third-order valence-electron chi connectivity index (χ3n) is 3.00. The highest BCUT2D eigenvalue weighted by Gasteiger charge is 2.39. The van der Waals surface area contributed by atoms with E-state index in [1.165, 1.54) is 6.92 Å². The normalized spacial score (nSPS) is 35.7. The van der Waals surface area contributed by atoms with Gasteiger partial charge >= 0.3 is 0 Å². The molecule has 1 fully saturated rings. The smallest absolute Gasteiger partial charge is 0.149 e. The van der Waals surface area contributed by atoms with Gasteiger partial charge in [-0.25, -0.2) is 0 Å². The van der Waals surface area contributed by atoms with Crippen LogP contribution in [0.4, 0.5) is 0 Å². The Morgan fingerprint density at radius 2 is 2.06 bits per heavy atom. The minimum absolute atomic E-state index is 0.0876. The molecular formula is C12H20O5. The fourth-order valence-electron chi connectivity index (χ4n) is 1.83. The van der Waals surface area contributed by atoms with Crippen molar-refractivity contribution in [3.63, 3.8) is 0 Å². The first-order chi connectivity index (χ1) is 7.97. The van der Waals surface area contributed by atoms with E-state index in [-0.39, 0.29) is 18.3 Å². The lowest BCUT2D eigenvalue weighted by molar-refractivity contribution is -0.141. The molecule has 2 unspecified atom stereocenters. The molecule has 0 aromatic carbocycles. The molecule has 5 nitrogen and oxygen atoms in total. The van der Waals surface area contributed by atoms with Gasteiger partial charge in [0.25, 0.3) is 0 Å². The molecule has 0 aliphatic carbocycles. The molecule has 1 saturated heterocycles. The summed E-state index contributed by atoms with van der Waals surface area (Å²) < 4.78 is 5.40. The van der Waals surface area contributed by atoms with E-state index < -0.39 is 18.3 Å². The van der Waals surface area contributed by atoms with Crippen molar-refractivity contribution in [1.29, 1.82) is 0 Å². The Hall–Kier alpha value is -0.910. The van der Waals surface area contributed by atoms with Crippen LogP contribution in [0.1, 0.15) is 26.7 Å². The highest BCUT2D eigenvalue weighted by Crippen LogP contribution is 2.29. The minimum Gasteiger partial charge on any atom is -0.489 e. The first kappa shape index (κ1) is 14.2. The van der Waals surface area contributed by atoms with Crippen LogP contribution in [0.3, 0.4) is 0 Å². The van der Waals surface area contributed by atoms with E-state index >= 15 is 0 Å². The summed E-state index contributed by atoms with van der Waals surface area (Å²) in [6.07, 6.45) is -0.142. The number of Topliss-reactive ketones (excluding diaryl/α,β-unsaturated/α-hetero) is 1. The Morgan fingerprint density at radius 1 is 1.41 bits per heavy atom. The summed E-state index contributed by atoms with van der Waals surface area (Å²) in [4.78, 5) is 10.8. The van der Waals surface area contributed by atoms with E-state index in [4.69, 9.17) is 9.84 Å². The van der Waals surface area contributed by atoms with Gasteiger partial charge < -0.3 is 24.9 Å². The zero-order valence-electron chi connectivity index (χ0n) is 10.2. The molecule has 3 N–H and O–H groups in total. The largest absolute Gasteiger partial charge is 0.489 e. The van der Waals surface area contributed by atoms with Gasteiger partial charge in [0, 0.05) is 12.3 Å². The van der Waals surface area contributed by atoms with Crippen LogP contribution < -0.4 is 0 Å². The van der Waals surface area contributed by atoms with Gasteiger partial charge in [0.05, 0.1) is 18.5 Å². The Morgan fingerprint density at radius 3 is 2.59 bits per heavy atom. The summed E-state index contributed by atoms with van der Waals surface area (Å²) in [5.41, 5.74) is 0. The van der Waals surface area contributed by atoms with Crippen molar-refractivity contribution in [2.45, 2.75) is 45.0 Å². The number of ether oxygens (including phenoxy) is 1. The molecular weight excluding hydrogens is 224 g/mol. The topological polar surface area (TPSA) is 87.0 Å². The summed E-state index contributed by atoms with van der Waals surface area (Å²) in [7, 11) is 0. The lowest BCUT2D eigenvalue weighted by Gasteiger charge is -2.37. The van der Waals surface area contributed by atoms with Gasteiger partial charge in [-0.05, 0) is 19.4 Å². The van der Waals surface area contributed by atoms with E-state index in [1.54, 1.807) is 13.0 Å². The second-order valence-electron chi connectivity index (χ2n) is 4.46. The van der Waals surface area contributed by atoms with Crippen molar-refractivity contribution >= 4 is 5.78 Å². The van der Waals surface area contributed by atoms with Gasteiger partial charge in [-0.1, -0.05) is 6.92 Å². The number of hydrogen-bond donors (Lipinski definition) is 3. The Kier molecular flexibility index (Phi) is 5.11. The molecule has 4 atom stereocenters. The fraction of sp³-hybridized carbons (Fsp3) is 0.750. The monoisotopic (exact) mass is 244 g/mol. The summed E-state index contributed by atoms with van der Waals surface area (Å²) in [5, 5.41) is 28.4. The van der Waals surface area contributed by atoms with Crippen LogP contribution in [-0.4, -0.2) is 46.0 Å². The molecule has 1 aliphatic rings. The van der Waals surface area contributed by atoms with E-state index in [2.05, 4.69) is 0 Å². The van der Waals surface area contributed by atoms with E-state index in [1.807, 2.05) is 0 Å². The maximum atomic E-state index is 10.8. The second kappa shape index (κ2) is 6.14. The molecule has 0 saturated carbocycles. The van der Waals surface area contributed by atoms with Gasteiger partial charge in [0.2, 0.25) is 0 Å². The predicted octanol–water partition coefficient (Wildman–Crippen LogP) is -0.0115. The van der Waals surface area contributed by atoms with Crippen molar-refractivity contribution in [1.82, 2.24) is 0 Å². The molecule has 1 rings (SSSR count). The predicted molar refractivity (Wildman–Crippen MR) is 61.1 cm³/mol. The van der Waals surface area contributed by atoms with Crippen LogP contribution in [0, 0.1) is 5.92 Å². The summed E-state index contributed by atoms with van der Waals surface area (Å²) in [5.74, 6) is 0.285. The van der Waals surface area contributed by atoms with Gasteiger partial charge in [-0.2, -0.15) is 0 Å². The molecule has 0 aromatic rings. The van der Waals surface area contributed by atoms with Crippen LogP contribution in [0.25, 0.3) is 0 Å². The minimum atomic E-state index is -1.08. The Bertz CT molecular complexity index is 297. The van der Waals surface area contributed by atoms with Crippen LogP contribution in [0.15, 0.2) is 11.8 Å². The maximum absolute atomic E-state index is 10.8. The van der Waals surface area contributed by atoms with Crippen LogP contribution >= 0.6 is 0 Å². The van der Waals surface area contributed by atoms with Crippen molar-refractivity contribution in [3.05, 3.63) is 11.8 Å². The molecule has 0 aromatic heterocycles. The van der Waals surface area contributed by atoms with Crippen LogP contribution in [0.2, 0.25) is 0 Å². The molecule has 17 heavy (non-hydrogen) atoms.